The predicted molar refractivity (Wildman–Crippen MR) is 233 cm³/mol. The van der Waals surface area contributed by atoms with E-state index in [0.29, 0.717) is 0 Å². The quantitative estimate of drug-likeness (QED) is 0.0345. The summed E-state index contributed by atoms with van der Waals surface area (Å²) in [7, 11) is 15.0. The number of quaternary nitrogens is 3. The monoisotopic (exact) mass is 724 g/mol. The lowest BCUT2D eigenvalue weighted by molar-refractivity contribution is -0.909. The summed E-state index contributed by atoms with van der Waals surface area (Å²) in [6.45, 7) is 17.2. The van der Waals surface area contributed by atoms with E-state index in [2.05, 4.69) is 68.0 Å². The van der Waals surface area contributed by atoms with Crippen molar-refractivity contribution in [2.24, 2.45) is 0 Å². The van der Waals surface area contributed by atoms with E-state index in [1.54, 1.807) is 0 Å². The van der Waals surface area contributed by atoms with Crippen LogP contribution in [0.5, 0.6) is 0 Å². The van der Waals surface area contributed by atoms with Crippen molar-refractivity contribution in [3.63, 3.8) is 0 Å². The van der Waals surface area contributed by atoms with Crippen LogP contribution < -0.4 is 0 Å². The summed E-state index contributed by atoms with van der Waals surface area (Å²) in [5.74, 6) is 0. The Morgan fingerprint density at radius 1 is 0.255 bits per heavy atom. The van der Waals surface area contributed by atoms with Gasteiger partial charge in [0.25, 0.3) is 0 Å². The van der Waals surface area contributed by atoms with Crippen molar-refractivity contribution < 1.29 is 13.4 Å². The molecule has 0 aromatic heterocycles. The molecule has 0 rings (SSSR count). The maximum absolute atomic E-state index is 2.87. The average molecular weight is 724 g/mol. The zero-order valence-corrected chi connectivity index (χ0v) is 37.7. The highest BCUT2D eigenvalue weighted by Crippen LogP contribution is 2.16. The molecule has 0 aliphatic rings. The number of hydrogen-bond donors (Lipinski definition) is 0. The highest BCUT2D eigenvalue weighted by Gasteiger charge is 2.25. The summed E-state index contributed by atoms with van der Waals surface area (Å²) in [6.07, 6.45) is 42.9. The van der Waals surface area contributed by atoms with Crippen LogP contribution in [0.25, 0.3) is 0 Å². The van der Waals surface area contributed by atoms with Gasteiger partial charge in [0.1, 0.15) is 6.67 Å². The molecule has 0 aromatic rings. The van der Waals surface area contributed by atoms with Gasteiger partial charge in [-0.3, -0.25) is 0 Å². The fourth-order valence-electron chi connectivity index (χ4n) is 8.00. The Balaban J connectivity index is 4.73. The van der Waals surface area contributed by atoms with Crippen LogP contribution in [-0.2, 0) is 0 Å². The van der Waals surface area contributed by atoms with Crippen LogP contribution in [0.1, 0.15) is 213 Å². The van der Waals surface area contributed by atoms with Gasteiger partial charge in [-0.15, -0.1) is 0 Å². The fraction of sp³-hybridized carbons (Fsp3) is 1.00. The van der Waals surface area contributed by atoms with Gasteiger partial charge in [0.15, 0.2) is 0 Å². The number of likely N-dealkylation sites (N-methyl/N-ethyl adjacent to an activating group) is 2. The SMILES string of the molecule is CCCCCCCCCCCC[N+](C)(C)CCN(CC[N+](C)(C)CCCCCCCCCCCC)C[N+](C)(C)CCCCCCCCCCCC. The second-order valence-electron chi connectivity index (χ2n) is 19.2. The summed E-state index contributed by atoms with van der Waals surface area (Å²) < 4.78 is 3.50. The van der Waals surface area contributed by atoms with Crippen molar-refractivity contribution in [3.8, 4) is 0 Å². The van der Waals surface area contributed by atoms with Crippen molar-refractivity contribution in [1.82, 2.24) is 4.90 Å². The fourth-order valence-corrected chi connectivity index (χ4v) is 8.00. The third-order valence-electron chi connectivity index (χ3n) is 12.0. The molecule has 0 bridgehead atoms. The average Bonchev–Trinajstić information content (AvgIpc) is 3.08. The van der Waals surface area contributed by atoms with E-state index >= 15 is 0 Å². The maximum Gasteiger partial charge on any atom is 0.135 e. The molecule has 0 saturated carbocycles. The molecule has 0 fully saturated rings. The number of rotatable bonds is 41. The van der Waals surface area contributed by atoms with Gasteiger partial charge in [-0.1, -0.05) is 175 Å². The first-order chi connectivity index (χ1) is 24.5. The Morgan fingerprint density at radius 3 is 0.725 bits per heavy atom. The molecule has 0 amide bonds. The molecule has 0 aliphatic heterocycles. The summed E-state index contributed by atoms with van der Waals surface area (Å²) >= 11 is 0. The topological polar surface area (TPSA) is 3.24 Å². The zero-order chi connectivity index (χ0) is 37.9. The molecule has 0 unspecified atom stereocenters. The van der Waals surface area contributed by atoms with Crippen LogP contribution >= 0.6 is 0 Å². The van der Waals surface area contributed by atoms with Gasteiger partial charge < -0.3 is 13.4 Å². The molecule has 0 aromatic carbocycles. The number of hydrogen-bond acceptors (Lipinski definition) is 1. The van der Waals surface area contributed by atoms with Gasteiger partial charge in [-0.25, -0.2) is 4.90 Å². The molecule has 4 heteroatoms. The minimum Gasteiger partial charge on any atom is -0.327 e. The van der Waals surface area contributed by atoms with Gasteiger partial charge in [-0.2, -0.15) is 0 Å². The summed E-state index contributed by atoms with van der Waals surface area (Å²) in [5.41, 5.74) is 0. The van der Waals surface area contributed by atoms with Crippen molar-refractivity contribution in [2.75, 3.05) is 94.8 Å². The molecule has 0 saturated heterocycles. The van der Waals surface area contributed by atoms with Crippen LogP contribution in [0.3, 0.4) is 0 Å². The lowest BCUT2D eigenvalue weighted by atomic mass is 10.1. The number of nitrogens with zero attached hydrogens (tertiary/aromatic N) is 4. The van der Waals surface area contributed by atoms with E-state index in [9.17, 15) is 0 Å². The second-order valence-corrected chi connectivity index (χ2v) is 19.2. The van der Waals surface area contributed by atoms with Crippen molar-refractivity contribution in [3.05, 3.63) is 0 Å². The Bertz CT molecular complexity index is 662. The number of unbranched alkanes of at least 4 members (excludes halogenated alkanes) is 27. The summed E-state index contributed by atoms with van der Waals surface area (Å²) in [5, 5.41) is 0. The molecule has 0 N–H and O–H groups in total. The Morgan fingerprint density at radius 2 is 0.471 bits per heavy atom. The molecule has 0 aliphatic carbocycles. The molecule has 0 heterocycles. The Labute approximate surface area is 325 Å². The van der Waals surface area contributed by atoms with E-state index in [4.69, 9.17) is 0 Å². The summed E-state index contributed by atoms with van der Waals surface area (Å²) in [4.78, 5) is 2.87. The first kappa shape index (κ1) is 50.8. The lowest BCUT2D eigenvalue weighted by Gasteiger charge is -2.39. The highest BCUT2D eigenvalue weighted by molar-refractivity contribution is 4.57. The third kappa shape index (κ3) is 36.6. The maximum atomic E-state index is 2.87. The normalized spacial score (nSPS) is 12.8. The van der Waals surface area contributed by atoms with Crippen LogP contribution in [0.4, 0.5) is 0 Å². The van der Waals surface area contributed by atoms with E-state index in [1.807, 2.05) is 0 Å². The summed E-state index contributed by atoms with van der Waals surface area (Å²) in [6, 6.07) is 0. The van der Waals surface area contributed by atoms with E-state index in [1.165, 1.54) is 254 Å². The van der Waals surface area contributed by atoms with Crippen LogP contribution in [-0.4, -0.2) is 113 Å². The van der Waals surface area contributed by atoms with Crippen molar-refractivity contribution in [1.29, 1.82) is 0 Å². The molecule has 0 spiro atoms. The largest absolute Gasteiger partial charge is 0.327 e. The Kier molecular flexibility index (Phi) is 34.2. The molecule has 308 valence electrons. The van der Waals surface area contributed by atoms with Crippen LogP contribution in [0.2, 0.25) is 0 Å². The van der Waals surface area contributed by atoms with E-state index in [-0.39, 0.29) is 0 Å². The Hall–Kier alpha value is -0.160. The van der Waals surface area contributed by atoms with Crippen LogP contribution in [0.15, 0.2) is 0 Å². The minimum atomic E-state index is 1.15. The molecular weight excluding hydrogens is 621 g/mol. The molecular formula is C47H103N4+3. The van der Waals surface area contributed by atoms with Gasteiger partial charge in [0.2, 0.25) is 0 Å². The van der Waals surface area contributed by atoms with Gasteiger partial charge in [0, 0.05) is 0 Å². The van der Waals surface area contributed by atoms with Crippen molar-refractivity contribution >= 4 is 0 Å². The minimum absolute atomic E-state index is 1.15. The van der Waals surface area contributed by atoms with E-state index in [0.717, 1.165) is 4.48 Å². The molecule has 4 nitrogen and oxygen atoms in total. The smallest absolute Gasteiger partial charge is 0.135 e. The first-order valence-electron chi connectivity index (χ1n) is 23.7. The van der Waals surface area contributed by atoms with Gasteiger partial charge in [0.05, 0.1) is 88.1 Å². The standard InChI is InChI=1S/C47H103N4/c1-10-13-16-19-22-25-28-31-34-37-42-49(4,5)45-40-48(47-51(8,9)44-39-36-33-30-27-24-21-18-15-12-3)41-46-50(6,7)43-38-35-32-29-26-23-20-17-14-11-2/h10-47H2,1-9H3/q+3. The molecule has 0 atom stereocenters. The molecule has 51 heavy (non-hydrogen) atoms. The lowest BCUT2D eigenvalue weighted by Crippen LogP contribution is -2.55. The van der Waals surface area contributed by atoms with Crippen LogP contribution in [0, 0.1) is 0 Å². The third-order valence-corrected chi connectivity index (χ3v) is 12.0. The first-order valence-corrected chi connectivity index (χ1v) is 23.7. The highest BCUT2D eigenvalue weighted by atomic mass is 15.4. The van der Waals surface area contributed by atoms with E-state index < -0.39 is 0 Å². The van der Waals surface area contributed by atoms with Gasteiger partial charge >= 0.3 is 0 Å². The predicted octanol–water partition coefficient (Wildman–Crippen LogP) is 13.2. The van der Waals surface area contributed by atoms with Gasteiger partial charge in [-0.05, 0) is 38.5 Å². The second kappa shape index (κ2) is 34.3. The molecule has 0 radical (unpaired) electrons. The zero-order valence-electron chi connectivity index (χ0n) is 37.7. The van der Waals surface area contributed by atoms with Crippen molar-refractivity contribution in [2.45, 2.75) is 213 Å².